The van der Waals surface area contributed by atoms with Crippen molar-refractivity contribution in [3.8, 4) is 5.75 Å². The maximum absolute atomic E-state index is 5.19. The molecule has 0 N–H and O–H groups in total. The van der Waals surface area contributed by atoms with Crippen LogP contribution in [0.2, 0.25) is 0 Å². The van der Waals surface area contributed by atoms with E-state index in [1.54, 1.807) is 7.11 Å². The first-order valence-corrected chi connectivity index (χ1v) is 5.96. The number of ether oxygens (including phenoxy) is 1. The SMILES string of the molecule is COc1ccc(N2CC[C@H]3CC=C[C@@H]32)cc1. The second-order valence-corrected chi connectivity index (χ2v) is 4.59. The van der Waals surface area contributed by atoms with Crippen molar-refractivity contribution in [1.82, 2.24) is 0 Å². The third-order valence-corrected chi connectivity index (χ3v) is 3.76. The van der Waals surface area contributed by atoms with Gasteiger partial charge in [0.1, 0.15) is 5.75 Å². The molecule has 0 unspecified atom stereocenters. The summed E-state index contributed by atoms with van der Waals surface area (Å²) in [5, 5.41) is 0. The summed E-state index contributed by atoms with van der Waals surface area (Å²) < 4.78 is 5.19. The summed E-state index contributed by atoms with van der Waals surface area (Å²) in [6.07, 6.45) is 7.27. The zero-order chi connectivity index (χ0) is 11.0. The van der Waals surface area contributed by atoms with Gasteiger partial charge in [0.2, 0.25) is 0 Å². The summed E-state index contributed by atoms with van der Waals surface area (Å²) in [5.74, 6) is 1.78. The van der Waals surface area contributed by atoms with Gasteiger partial charge < -0.3 is 9.64 Å². The zero-order valence-corrected chi connectivity index (χ0v) is 9.60. The molecule has 1 aromatic rings. The third kappa shape index (κ3) is 1.49. The molecule has 2 atom stereocenters. The lowest BCUT2D eigenvalue weighted by molar-refractivity contribution is 0.415. The highest BCUT2D eigenvalue weighted by molar-refractivity contribution is 5.52. The first kappa shape index (κ1) is 9.76. The molecule has 84 valence electrons. The van der Waals surface area contributed by atoms with E-state index in [0.29, 0.717) is 6.04 Å². The molecule has 0 aromatic heterocycles. The molecule has 0 amide bonds. The molecule has 1 heterocycles. The summed E-state index contributed by atoms with van der Waals surface area (Å²) in [5.41, 5.74) is 1.32. The summed E-state index contributed by atoms with van der Waals surface area (Å²) >= 11 is 0. The number of hydrogen-bond donors (Lipinski definition) is 0. The van der Waals surface area contributed by atoms with Crippen molar-refractivity contribution < 1.29 is 4.74 Å². The lowest BCUT2D eigenvalue weighted by Crippen LogP contribution is -2.28. The van der Waals surface area contributed by atoms with Crippen LogP contribution in [0.4, 0.5) is 5.69 Å². The second-order valence-electron chi connectivity index (χ2n) is 4.59. The average Bonchev–Trinajstić information content (AvgIpc) is 2.91. The smallest absolute Gasteiger partial charge is 0.119 e. The lowest BCUT2D eigenvalue weighted by Gasteiger charge is -2.25. The van der Waals surface area contributed by atoms with Gasteiger partial charge >= 0.3 is 0 Å². The normalized spacial score (nSPS) is 27.2. The van der Waals surface area contributed by atoms with E-state index >= 15 is 0 Å². The molecule has 2 heteroatoms. The Balaban J connectivity index is 1.83. The van der Waals surface area contributed by atoms with Crippen LogP contribution < -0.4 is 9.64 Å². The number of nitrogens with zero attached hydrogens (tertiary/aromatic N) is 1. The van der Waals surface area contributed by atoms with Gasteiger partial charge in [-0.1, -0.05) is 12.2 Å². The number of hydrogen-bond acceptors (Lipinski definition) is 2. The van der Waals surface area contributed by atoms with Gasteiger partial charge in [-0.2, -0.15) is 0 Å². The summed E-state index contributed by atoms with van der Waals surface area (Å²) in [7, 11) is 1.71. The topological polar surface area (TPSA) is 12.5 Å². The summed E-state index contributed by atoms with van der Waals surface area (Å²) in [6.45, 7) is 1.19. The van der Waals surface area contributed by atoms with Gasteiger partial charge in [-0.25, -0.2) is 0 Å². The van der Waals surface area contributed by atoms with Crippen LogP contribution in [0.1, 0.15) is 12.8 Å². The van der Waals surface area contributed by atoms with Crippen LogP contribution in [-0.2, 0) is 0 Å². The van der Waals surface area contributed by atoms with Crippen molar-refractivity contribution in [3.05, 3.63) is 36.4 Å². The van der Waals surface area contributed by atoms with Gasteiger partial charge in [0.25, 0.3) is 0 Å². The van der Waals surface area contributed by atoms with Gasteiger partial charge in [-0.05, 0) is 43.0 Å². The van der Waals surface area contributed by atoms with E-state index in [9.17, 15) is 0 Å². The Morgan fingerprint density at radius 1 is 1.25 bits per heavy atom. The van der Waals surface area contributed by atoms with Crippen LogP contribution in [0.5, 0.6) is 5.75 Å². The van der Waals surface area contributed by atoms with Crippen LogP contribution in [0.25, 0.3) is 0 Å². The molecule has 1 aromatic carbocycles. The van der Waals surface area contributed by atoms with Crippen LogP contribution in [0, 0.1) is 5.92 Å². The fourth-order valence-corrected chi connectivity index (χ4v) is 2.87. The van der Waals surface area contributed by atoms with Crippen molar-refractivity contribution in [1.29, 1.82) is 0 Å². The second kappa shape index (κ2) is 3.85. The number of anilines is 1. The number of fused-ring (bicyclic) bond motifs is 1. The molecule has 0 radical (unpaired) electrons. The highest BCUT2D eigenvalue weighted by atomic mass is 16.5. The molecule has 1 fully saturated rings. The molecular formula is C14H17NO. The standard InChI is InChI=1S/C14H17NO/c1-16-13-7-5-12(6-8-13)15-10-9-11-3-2-4-14(11)15/h2,4-8,11,14H,3,9-10H2,1H3/t11-,14+/m1/s1. The minimum absolute atomic E-state index is 0.633. The molecular weight excluding hydrogens is 198 g/mol. The van der Waals surface area contributed by atoms with E-state index in [1.807, 2.05) is 12.1 Å². The molecule has 1 aliphatic carbocycles. The van der Waals surface area contributed by atoms with Crippen molar-refractivity contribution in [2.45, 2.75) is 18.9 Å². The molecule has 0 bridgehead atoms. The minimum atomic E-state index is 0.633. The monoisotopic (exact) mass is 215 g/mol. The average molecular weight is 215 g/mol. The minimum Gasteiger partial charge on any atom is -0.497 e. The quantitative estimate of drug-likeness (QED) is 0.703. The molecule has 1 saturated heterocycles. The van der Waals surface area contributed by atoms with Crippen molar-refractivity contribution in [2.75, 3.05) is 18.6 Å². The molecule has 16 heavy (non-hydrogen) atoms. The maximum Gasteiger partial charge on any atom is 0.119 e. The maximum atomic E-state index is 5.19. The Labute approximate surface area is 96.5 Å². The summed E-state index contributed by atoms with van der Waals surface area (Å²) in [6, 6.07) is 9.04. The van der Waals surface area contributed by atoms with Crippen molar-refractivity contribution in [2.24, 2.45) is 5.92 Å². The van der Waals surface area contributed by atoms with E-state index in [-0.39, 0.29) is 0 Å². The van der Waals surface area contributed by atoms with E-state index < -0.39 is 0 Å². The van der Waals surface area contributed by atoms with Crippen molar-refractivity contribution >= 4 is 5.69 Å². The Morgan fingerprint density at radius 3 is 2.81 bits per heavy atom. The van der Waals surface area contributed by atoms with Crippen LogP contribution >= 0.6 is 0 Å². The fraction of sp³-hybridized carbons (Fsp3) is 0.429. The highest BCUT2D eigenvalue weighted by Gasteiger charge is 2.34. The lowest BCUT2D eigenvalue weighted by atomic mass is 10.0. The number of benzene rings is 1. The predicted octanol–water partition coefficient (Wildman–Crippen LogP) is 2.85. The Morgan fingerprint density at radius 2 is 2.06 bits per heavy atom. The van der Waals surface area contributed by atoms with E-state index in [0.717, 1.165) is 11.7 Å². The van der Waals surface area contributed by atoms with Crippen LogP contribution in [0.3, 0.4) is 0 Å². The number of allylic oxidation sites excluding steroid dienone is 1. The number of rotatable bonds is 2. The van der Waals surface area contributed by atoms with E-state index in [2.05, 4.69) is 29.2 Å². The zero-order valence-electron chi connectivity index (χ0n) is 9.60. The van der Waals surface area contributed by atoms with Gasteiger partial charge in [-0.3, -0.25) is 0 Å². The van der Waals surface area contributed by atoms with Gasteiger partial charge in [-0.15, -0.1) is 0 Å². The molecule has 2 aliphatic rings. The van der Waals surface area contributed by atoms with Crippen LogP contribution in [-0.4, -0.2) is 19.7 Å². The van der Waals surface area contributed by atoms with E-state index in [1.165, 1.54) is 25.1 Å². The highest BCUT2D eigenvalue weighted by Crippen LogP contribution is 2.36. The fourth-order valence-electron chi connectivity index (χ4n) is 2.87. The third-order valence-electron chi connectivity index (χ3n) is 3.76. The van der Waals surface area contributed by atoms with Gasteiger partial charge in [0.15, 0.2) is 0 Å². The van der Waals surface area contributed by atoms with Gasteiger partial charge in [0, 0.05) is 12.2 Å². The largest absolute Gasteiger partial charge is 0.497 e. The van der Waals surface area contributed by atoms with Gasteiger partial charge in [0.05, 0.1) is 13.2 Å². The first-order valence-electron chi connectivity index (χ1n) is 5.96. The Hall–Kier alpha value is -1.44. The van der Waals surface area contributed by atoms with Crippen LogP contribution in [0.15, 0.2) is 36.4 Å². The van der Waals surface area contributed by atoms with Crippen molar-refractivity contribution in [3.63, 3.8) is 0 Å². The molecule has 0 spiro atoms. The first-order chi connectivity index (χ1) is 7.88. The molecule has 2 nitrogen and oxygen atoms in total. The Bertz CT molecular complexity index is 396. The summed E-state index contributed by atoms with van der Waals surface area (Å²) in [4.78, 5) is 2.51. The molecule has 3 rings (SSSR count). The molecule has 0 saturated carbocycles. The van der Waals surface area contributed by atoms with E-state index in [4.69, 9.17) is 4.74 Å². The molecule has 1 aliphatic heterocycles. The Kier molecular flexibility index (Phi) is 2.35. The predicted molar refractivity (Wildman–Crippen MR) is 66.0 cm³/mol. The number of methoxy groups -OCH3 is 1.